The van der Waals surface area contributed by atoms with E-state index in [2.05, 4.69) is 45.0 Å². The standard InChI is InChI=1S/C15H25N/c1-12(2)8-7-9-13(3)15(16)14-10-5-4-6-11-14/h4-6,10-13,15H,7-9,16H2,1-3H3. The van der Waals surface area contributed by atoms with Crippen LogP contribution in [0.2, 0.25) is 0 Å². The largest absolute Gasteiger partial charge is 0.324 e. The molecule has 0 radical (unpaired) electrons. The highest BCUT2D eigenvalue weighted by atomic mass is 14.6. The summed E-state index contributed by atoms with van der Waals surface area (Å²) in [4.78, 5) is 0. The summed E-state index contributed by atoms with van der Waals surface area (Å²) in [5.41, 5.74) is 7.52. The van der Waals surface area contributed by atoms with Gasteiger partial charge in [-0.05, 0) is 23.8 Å². The molecule has 1 aromatic carbocycles. The summed E-state index contributed by atoms with van der Waals surface area (Å²) in [5, 5.41) is 0. The minimum Gasteiger partial charge on any atom is -0.324 e. The zero-order valence-corrected chi connectivity index (χ0v) is 10.8. The Morgan fingerprint density at radius 3 is 2.19 bits per heavy atom. The molecule has 0 aliphatic carbocycles. The fourth-order valence-corrected chi connectivity index (χ4v) is 2.03. The van der Waals surface area contributed by atoms with E-state index in [1.807, 2.05) is 6.07 Å². The van der Waals surface area contributed by atoms with Crippen molar-refractivity contribution >= 4 is 0 Å². The third-order valence-electron chi connectivity index (χ3n) is 3.24. The van der Waals surface area contributed by atoms with Crippen molar-refractivity contribution in [1.82, 2.24) is 0 Å². The van der Waals surface area contributed by atoms with Crippen LogP contribution in [0.4, 0.5) is 0 Å². The Morgan fingerprint density at radius 1 is 1.00 bits per heavy atom. The van der Waals surface area contributed by atoms with Gasteiger partial charge in [0.25, 0.3) is 0 Å². The summed E-state index contributed by atoms with van der Waals surface area (Å²) >= 11 is 0. The van der Waals surface area contributed by atoms with Crippen molar-refractivity contribution in [3.63, 3.8) is 0 Å². The molecule has 0 aromatic heterocycles. The Balaban J connectivity index is 2.39. The summed E-state index contributed by atoms with van der Waals surface area (Å²) < 4.78 is 0. The van der Waals surface area contributed by atoms with Gasteiger partial charge in [-0.3, -0.25) is 0 Å². The second-order valence-corrected chi connectivity index (χ2v) is 5.24. The third kappa shape index (κ3) is 4.36. The molecule has 0 amide bonds. The zero-order chi connectivity index (χ0) is 12.0. The fraction of sp³-hybridized carbons (Fsp3) is 0.600. The van der Waals surface area contributed by atoms with Crippen molar-refractivity contribution in [1.29, 1.82) is 0 Å². The quantitative estimate of drug-likeness (QED) is 0.764. The molecule has 0 fully saturated rings. The van der Waals surface area contributed by atoms with E-state index >= 15 is 0 Å². The summed E-state index contributed by atoms with van der Waals surface area (Å²) in [6, 6.07) is 10.6. The van der Waals surface area contributed by atoms with Gasteiger partial charge in [0.05, 0.1) is 0 Å². The second kappa shape index (κ2) is 6.70. The highest BCUT2D eigenvalue weighted by Gasteiger charge is 2.14. The van der Waals surface area contributed by atoms with Gasteiger partial charge in [-0.2, -0.15) is 0 Å². The van der Waals surface area contributed by atoms with E-state index in [1.165, 1.54) is 24.8 Å². The maximum absolute atomic E-state index is 6.26. The normalized spacial score (nSPS) is 15.1. The molecular formula is C15H25N. The van der Waals surface area contributed by atoms with Gasteiger partial charge >= 0.3 is 0 Å². The van der Waals surface area contributed by atoms with Crippen LogP contribution in [-0.4, -0.2) is 0 Å². The van der Waals surface area contributed by atoms with Gasteiger partial charge in [-0.1, -0.05) is 63.9 Å². The number of hydrogen-bond acceptors (Lipinski definition) is 1. The first kappa shape index (κ1) is 13.2. The van der Waals surface area contributed by atoms with Crippen molar-refractivity contribution in [3.8, 4) is 0 Å². The van der Waals surface area contributed by atoms with Crippen LogP contribution in [0.15, 0.2) is 30.3 Å². The highest BCUT2D eigenvalue weighted by molar-refractivity contribution is 5.18. The van der Waals surface area contributed by atoms with Gasteiger partial charge in [0.15, 0.2) is 0 Å². The van der Waals surface area contributed by atoms with Crippen LogP contribution in [0.3, 0.4) is 0 Å². The molecule has 2 atom stereocenters. The lowest BCUT2D eigenvalue weighted by Gasteiger charge is -2.20. The lowest BCUT2D eigenvalue weighted by atomic mass is 9.90. The molecule has 1 aromatic rings. The Labute approximate surface area is 100 Å². The van der Waals surface area contributed by atoms with Gasteiger partial charge < -0.3 is 5.73 Å². The average molecular weight is 219 g/mol. The fourth-order valence-electron chi connectivity index (χ4n) is 2.03. The van der Waals surface area contributed by atoms with E-state index < -0.39 is 0 Å². The number of hydrogen-bond donors (Lipinski definition) is 1. The predicted octanol–water partition coefficient (Wildman–Crippen LogP) is 4.15. The Hall–Kier alpha value is -0.820. The molecular weight excluding hydrogens is 194 g/mol. The topological polar surface area (TPSA) is 26.0 Å². The molecule has 2 unspecified atom stereocenters. The van der Waals surface area contributed by atoms with E-state index in [-0.39, 0.29) is 6.04 Å². The molecule has 0 saturated carbocycles. The molecule has 1 rings (SSSR count). The van der Waals surface area contributed by atoms with Crippen LogP contribution in [0, 0.1) is 11.8 Å². The van der Waals surface area contributed by atoms with Crippen molar-refractivity contribution in [2.45, 2.75) is 46.1 Å². The highest BCUT2D eigenvalue weighted by Crippen LogP contribution is 2.24. The zero-order valence-electron chi connectivity index (χ0n) is 10.8. The van der Waals surface area contributed by atoms with Crippen molar-refractivity contribution in [2.75, 3.05) is 0 Å². The molecule has 16 heavy (non-hydrogen) atoms. The summed E-state index contributed by atoms with van der Waals surface area (Å²) in [7, 11) is 0. The van der Waals surface area contributed by atoms with Crippen LogP contribution in [-0.2, 0) is 0 Å². The van der Waals surface area contributed by atoms with E-state index in [1.54, 1.807) is 0 Å². The van der Waals surface area contributed by atoms with Crippen LogP contribution in [0.25, 0.3) is 0 Å². The van der Waals surface area contributed by atoms with Crippen LogP contribution in [0.5, 0.6) is 0 Å². The molecule has 1 heteroatoms. The lowest BCUT2D eigenvalue weighted by Crippen LogP contribution is -2.19. The molecule has 0 spiro atoms. The Bertz CT molecular complexity index is 279. The number of nitrogens with two attached hydrogens (primary N) is 1. The van der Waals surface area contributed by atoms with Gasteiger partial charge in [0.1, 0.15) is 0 Å². The minimum atomic E-state index is 0.188. The van der Waals surface area contributed by atoms with E-state index in [0.29, 0.717) is 5.92 Å². The van der Waals surface area contributed by atoms with Crippen LogP contribution < -0.4 is 5.73 Å². The van der Waals surface area contributed by atoms with Crippen LogP contribution in [0.1, 0.15) is 51.6 Å². The Kier molecular flexibility index (Phi) is 5.54. The van der Waals surface area contributed by atoms with Crippen molar-refractivity contribution in [3.05, 3.63) is 35.9 Å². The van der Waals surface area contributed by atoms with E-state index in [4.69, 9.17) is 5.73 Å². The summed E-state index contributed by atoms with van der Waals surface area (Å²) in [6.45, 7) is 6.82. The maximum atomic E-state index is 6.26. The molecule has 1 nitrogen and oxygen atoms in total. The van der Waals surface area contributed by atoms with E-state index in [9.17, 15) is 0 Å². The Morgan fingerprint density at radius 2 is 1.62 bits per heavy atom. The van der Waals surface area contributed by atoms with E-state index in [0.717, 1.165) is 5.92 Å². The molecule has 0 aliphatic rings. The molecule has 2 N–H and O–H groups in total. The first-order valence-corrected chi connectivity index (χ1v) is 6.41. The number of rotatable bonds is 6. The average Bonchev–Trinajstić information content (AvgIpc) is 2.28. The van der Waals surface area contributed by atoms with Crippen molar-refractivity contribution in [2.24, 2.45) is 17.6 Å². The van der Waals surface area contributed by atoms with Crippen molar-refractivity contribution < 1.29 is 0 Å². The van der Waals surface area contributed by atoms with Gasteiger partial charge in [-0.15, -0.1) is 0 Å². The monoisotopic (exact) mass is 219 g/mol. The first-order chi connectivity index (χ1) is 7.61. The first-order valence-electron chi connectivity index (χ1n) is 6.41. The SMILES string of the molecule is CC(C)CCCC(C)C(N)c1ccccc1. The smallest absolute Gasteiger partial charge is 0.0320 e. The maximum Gasteiger partial charge on any atom is 0.0320 e. The molecule has 90 valence electrons. The van der Waals surface area contributed by atoms with Gasteiger partial charge in [0.2, 0.25) is 0 Å². The molecule has 0 heterocycles. The predicted molar refractivity (Wildman–Crippen MR) is 71.2 cm³/mol. The summed E-state index contributed by atoms with van der Waals surface area (Å²) in [6.07, 6.45) is 3.83. The second-order valence-electron chi connectivity index (χ2n) is 5.24. The van der Waals surface area contributed by atoms with Crippen LogP contribution >= 0.6 is 0 Å². The van der Waals surface area contributed by atoms with Gasteiger partial charge in [-0.25, -0.2) is 0 Å². The lowest BCUT2D eigenvalue weighted by molar-refractivity contribution is 0.401. The molecule has 0 bridgehead atoms. The summed E-state index contributed by atoms with van der Waals surface area (Å²) in [5.74, 6) is 1.38. The number of benzene rings is 1. The molecule has 0 saturated heterocycles. The molecule has 0 aliphatic heterocycles. The van der Waals surface area contributed by atoms with Gasteiger partial charge in [0, 0.05) is 6.04 Å². The minimum absolute atomic E-state index is 0.188. The third-order valence-corrected chi connectivity index (χ3v) is 3.24.